The van der Waals surface area contributed by atoms with Crippen LogP contribution in [0.25, 0.3) is 33.4 Å². The number of anilines is 1. The molecule has 0 aliphatic rings. The zero-order valence-corrected chi connectivity index (χ0v) is 24.9. The van der Waals surface area contributed by atoms with Gasteiger partial charge in [0, 0.05) is 40.8 Å². The highest BCUT2D eigenvalue weighted by molar-refractivity contribution is 7.92. The Morgan fingerprint density at radius 1 is 0.886 bits per heavy atom. The molecule has 0 aliphatic heterocycles. The summed E-state index contributed by atoms with van der Waals surface area (Å²) in [4.78, 5) is 26.4. The van der Waals surface area contributed by atoms with Gasteiger partial charge < -0.3 is 15.1 Å². The van der Waals surface area contributed by atoms with Gasteiger partial charge in [-0.1, -0.05) is 37.3 Å². The molecule has 1 heterocycles. The van der Waals surface area contributed by atoms with Crippen LogP contribution in [-0.4, -0.2) is 33.5 Å². The standard InChI is InChI=1S/C33H29F2N3O5S/c1-4-27(19-8-6-5-7-9-19)37-32(39)21-12-15-26(35)23(16-21)24-17-25-29(18-28(24)38-44(3,41)42)43-31(30(25)33(40)36-2)20-10-13-22(34)14-11-20/h5-18,27,38H,4H2,1-3H3,(H,36,40)(H,37,39). The van der Waals surface area contributed by atoms with E-state index in [0.717, 1.165) is 17.9 Å². The van der Waals surface area contributed by atoms with Crippen LogP contribution in [-0.2, 0) is 10.0 Å². The summed E-state index contributed by atoms with van der Waals surface area (Å²) in [6.45, 7) is 1.93. The number of rotatable bonds is 9. The highest BCUT2D eigenvalue weighted by atomic mass is 32.2. The Morgan fingerprint density at radius 3 is 2.23 bits per heavy atom. The number of carbonyl (C=O) groups excluding carboxylic acids is 2. The second-order valence-corrected chi connectivity index (χ2v) is 11.9. The van der Waals surface area contributed by atoms with Gasteiger partial charge in [-0.15, -0.1) is 0 Å². The fourth-order valence-corrected chi connectivity index (χ4v) is 5.59. The summed E-state index contributed by atoms with van der Waals surface area (Å²) in [6.07, 6.45) is 1.56. The van der Waals surface area contributed by atoms with E-state index in [0.29, 0.717) is 12.0 Å². The van der Waals surface area contributed by atoms with Crippen LogP contribution >= 0.6 is 0 Å². The van der Waals surface area contributed by atoms with Crippen LogP contribution in [0.5, 0.6) is 0 Å². The molecule has 1 aromatic heterocycles. The van der Waals surface area contributed by atoms with Crippen molar-refractivity contribution in [3.63, 3.8) is 0 Å². The number of hydrogen-bond acceptors (Lipinski definition) is 5. The molecule has 0 spiro atoms. The number of halogens is 2. The van der Waals surface area contributed by atoms with Gasteiger partial charge in [0.2, 0.25) is 10.0 Å². The SMILES string of the molecule is CCC(NC(=O)c1ccc(F)c(-c2cc3c(C(=O)NC)c(-c4ccc(F)cc4)oc3cc2NS(C)(=O)=O)c1)c1ccccc1. The summed E-state index contributed by atoms with van der Waals surface area (Å²) >= 11 is 0. The molecule has 0 fully saturated rings. The number of nitrogens with one attached hydrogen (secondary N) is 3. The van der Waals surface area contributed by atoms with E-state index in [1.54, 1.807) is 0 Å². The molecular formula is C33H29F2N3O5S. The fraction of sp³-hybridized carbons (Fsp3) is 0.152. The van der Waals surface area contributed by atoms with Crippen molar-refractivity contribution in [3.8, 4) is 22.5 Å². The summed E-state index contributed by atoms with van der Waals surface area (Å²) in [6, 6.07) is 21.0. The monoisotopic (exact) mass is 617 g/mol. The first-order chi connectivity index (χ1) is 21.0. The summed E-state index contributed by atoms with van der Waals surface area (Å²) < 4.78 is 62.3. The first kappa shape index (κ1) is 30.4. The van der Waals surface area contributed by atoms with Gasteiger partial charge in [-0.05, 0) is 60.5 Å². The minimum Gasteiger partial charge on any atom is -0.455 e. The summed E-state index contributed by atoms with van der Waals surface area (Å²) in [5.41, 5.74) is 1.63. The largest absolute Gasteiger partial charge is 0.455 e. The van der Waals surface area contributed by atoms with Crippen LogP contribution < -0.4 is 15.4 Å². The van der Waals surface area contributed by atoms with Crippen molar-refractivity contribution in [2.45, 2.75) is 19.4 Å². The molecule has 8 nitrogen and oxygen atoms in total. The van der Waals surface area contributed by atoms with Crippen molar-refractivity contribution in [1.29, 1.82) is 0 Å². The van der Waals surface area contributed by atoms with E-state index >= 15 is 4.39 Å². The molecule has 44 heavy (non-hydrogen) atoms. The maximum atomic E-state index is 15.5. The number of hydrogen-bond donors (Lipinski definition) is 3. The molecule has 0 saturated heterocycles. The van der Waals surface area contributed by atoms with E-state index in [1.165, 1.54) is 55.6 Å². The van der Waals surface area contributed by atoms with Crippen LogP contribution in [0, 0.1) is 11.6 Å². The van der Waals surface area contributed by atoms with E-state index in [-0.39, 0.29) is 50.7 Å². The van der Waals surface area contributed by atoms with Gasteiger partial charge in [0.1, 0.15) is 23.0 Å². The minimum absolute atomic E-state index is 0.0324. The molecule has 0 radical (unpaired) electrons. The maximum Gasteiger partial charge on any atom is 0.255 e. The molecular weight excluding hydrogens is 588 g/mol. The summed E-state index contributed by atoms with van der Waals surface area (Å²) in [5, 5.41) is 5.78. The van der Waals surface area contributed by atoms with Crippen LogP contribution in [0.2, 0.25) is 0 Å². The van der Waals surface area contributed by atoms with E-state index in [4.69, 9.17) is 4.42 Å². The lowest BCUT2D eigenvalue weighted by molar-refractivity contribution is 0.0933. The highest BCUT2D eigenvalue weighted by Gasteiger charge is 2.25. The van der Waals surface area contributed by atoms with Gasteiger partial charge in [0.15, 0.2) is 0 Å². The average molecular weight is 618 g/mol. The minimum atomic E-state index is -3.86. The molecule has 5 rings (SSSR count). The van der Waals surface area contributed by atoms with Gasteiger partial charge >= 0.3 is 0 Å². The first-order valence-corrected chi connectivity index (χ1v) is 15.6. The van der Waals surface area contributed by atoms with Crippen LogP contribution in [0.1, 0.15) is 45.7 Å². The number of fused-ring (bicyclic) bond motifs is 1. The molecule has 1 unspecified atom stereocenters. The Hall–Kier alpha value is -5.03. The molecule has 3 N–H and O–H groups in total. The number of benzene rings is 4. The fourth-order valence-electron chi connectivity index (χ4n) is 5.03. The Morgan fingerprint density at radius 2 is 1.59 bits per heavy atom. The second kappa shape index (κ2) is 12.3. The topological polar surface area (TPSA) is 118 Å². The Bertz CT molecular complexity index is 1970. The Labute approximate surface area is 253 Å². The molecule has 1 atom stereocenters. The van der Waals surface area contributed by atoms with E-state index in [9.17, 15) is 22.4 Å². The van der Waals surface area contributed by atoms with Gasteiger partial charge in [-0.3, -0.25) is 14.3 Å². The molecule has 2 amide bonds. The van der Waals surface area contributed by atoms with E-state index in [2.05, 4.69) is 15.4 Å². The smallest absolute Gasteiger partial charge is 0.255 e. The molecule has 0 aliphatic carbocycles. The molecule has 4 aromatic carbocycles. The van der Waals surface area contributed by atoms with E-state index < -0.39 is 33.5 Å². The molecule has 226 valence electrons. The lowest BCUT2D eigenvalue weighted by Gasteiger charge is -2.18. The van der Waals surface area contributed by atoms with Crippen molar-refractivity contribution in [2.75, 3.05) is 18.0 Å². The first-order valence-electron chi connectivity index (χ1n) is 13.7. The number of amides is 2. The quantitative estimate of drug-likeness (QED) is 0.171. The number of sulfonamides is 1. The van der Waals surface area contributed by atoms with Crippen molar-refractivity contribution < 1.29 is 31.2 Å². The summed E-state index contributed by atoms with van der Waals surface area (Å²) in [5.74, 6) is -2.08. The maximum absolute atomic E-state index is 15.5. The normalized spacial score (nSPS) is 12.1. The predicted octanol–water partition coefficient (Wildman–Crippen LogP) is 6.66. The molecule has 0 bridgehead atoms. The third-order valence-corrected chi connectivity index (χ3v) is 7.71. The zero-order chi connectivity index (χ0) is 31.6. The van der Waals surface area contributed by atoms with Crippen molar-refractivity contribution in [2.24, 2.45) is 0 Å². The van der Waals surface area contributed by atoms with Crippen LogP contribution in [0.15, 0.2) is 89.3 Å². The Balaban J connectivity index is 1.67. The Kier molecular flexibility index (Phi) is 8.50. The van der Waals surface area contributed by atoms with Crippen LogP contribution in [0.3, 0.4) is 0 Å². The van der Waals surface area contributed by atoms with Crippen molar-refractivity contribution in [3.05, 3.63) is 113 Å². The van der Waals surface area contributed by atoms with Crippen LogP contribution in [0.4, 0.5) is 14.5 Å². The zero-order valence-electron chi connectivity index (χ0n) is 24.1. The van der Waals surface area contributed by atoms with Crippen molar-refractivity contribution >= 4 is 38.5 Å². The van der Waals surface area contributed by atoms with Gasteiger partial charge in [-0.25, -0.2) is 17.2 Å². The number of furan rings is 1. The van der Waals surface area contributed by atoms with Crippen molar-refractivity contribution in [1.82, 2.24) is 10.6 Å². The van der Waals surface area contributed by atoms with E-state index in [1.807, 2.05) is 37.3 Å². The average Bonchev–Trinajstić information content (AvgIpc) is 3.37. The van der Waals surface area contributed by atoms with Gasteiger partial charge in [-0.2, -0.15) is 0 Å². The molecule has 11 heteroatoms. The molecule has 5 aromatic rings. The summed E-state index contributed by atoms with van der Waals surface area (Å²) in [7, 11) is -2.43. The highest BCUT2D eigenvalue weighted by Crippen LogP contribution is 2.41. The third kappa shape index (κ3) is 6.32. The predicted molar refractivity (Wildman–Crippen MR) is 166 cm³/mol. The van der Waals surface area contributed by atoms with Gasteiger partial charge in [0.05, 0.1) is 23.5 Å². The third-order valence-electron chi connectivity index (χ3n) is 7.12. The van der Waals surface area contributed by atoms with Gasteiger partial charge in [0.25, 0.3) is 11.8 Å². The molecule has 0 saturated carbocycles. The lowest BCUT2D eigenvalue weighted by atomic mass is 9.96. The second-order valence-electron chi connectivity index (χ2n) is 10.2. The number of carbonyl (C=O) groups is 2. The lowest BCUT2D eigenvalue weighted by Crippen LogP contribution is -2.28.